The standard InChI is InChI=1S/C17H19ClN2O4S/c1-12(21)19-16-10-15(7-8-17(16)24-3)25(22,23)20(2)11-13-5-4-6-14(18)9-13/h4-10H,11H2,1-3H3,(H,19,21). The van der Waals surface area contributed by atoms with Crippen LogP contribution in [0.4, 0.5) is 5.69 Å². The predicted octanol–water partition coefficient (Wildman–Crippen LogP) is 3.13. The number of halogens is 1. The monoisotopic (exact) mass is 382 g/mol. The highest BCUT2D eigenvalue weighted by molar-refractivity contribution is 7.89. The fourth-order valence-corrected chi connectivity index (χ4v) is 3.69. The molecule has 0 bridgehead atoms. The van der Waals surface area contributed by atoms with Gasteiger partial charge in [-0.05, 0) is 35.9 Å². The van der Waals surface area contributed by atoms with Gasteiger partial charge in [0.1, 0.15) is 5.75 Å². The number of hydrogen-bond acceptors (Lipinski definition) is 4. The van der Waals surface area contributed by atoms with Crippen molar-refractivity contribution in [1.82, 2.24) is 4.31 Å². The van der Waals surface area contributed by atoms with Gasteiger partial charge in [-0.25, -0.2) is 8.42 Å². The summed E-state index contributed by atoms with van der Waals surface area (Å²) in [4.78, 5) is 11.4. The summed E-state index contributed by atoms with van der Waals surface area (Å²) >= 11 is 5.94. The van der Waals surface area contributed by atoms with E-state index in [4.69, 9.17) is 16.3 Å². The van der Waals surface area contributed by atoms with E-state index in [2.05, 4.69) is 5.32 Å². The third kappa shape index (κ3) is 4.72. The first-order chi connectivity index (χ1) is 11.7. The Balaban J connectivity index is 2.33. The van der Waals surface area contributed by atoms with Crippen LogP contribution in [0.1, 0.15) is 12.5 Å². The second-order valence-electron chi connectivity index (χ2n) is 5.43. The van der Waals surface area contributed by atoms with Crippen molar-refractivity contribution in [3.8, 4) is 5.75 Å². The van der Waals surface area contributed by atoms with Gasteiger partial charge in [-0.3, -0.25) is 4.79 Å². The van der Waals surface area contributed by atoms with Crippen molar-refractivity contribution in [3.05, 3.63) is 53.1 Å². The zero-order chi connectivity index (χ0) is 18.6. The second-order valence-corrected chi connectivity index (χ2v) is 7.92. The Labute approximate surface area is 152 Å². The molecule has 134 valence electrons. The van der Waals surface area contributed by atoms with Crippen LogP contribution in [-0.4, -0.2) is 32.8 Å². The zero-order valence-corrected chi connectivity index (χ0v) is 15.7. The predicted molar refractivity (Wildman–Crippen MR) is 97.4 cm³/mol. The SMILES string of the molecule is COc1ccc(S(=O)(=O)N(C)Cc2cccc(Cl)c2)cc1NC(C)=O. The van der Waals surface area contributed by atoms with Crippen LogP contribution in [0.5, 0.6) is 5.75 Å². The van der Waals surface area contributed by atoms with Gasteiger partial charge in [0.2, 0.25) is 15.9 Å². The summed E-state index contributed by atoms with van der Waals surface area (Å²) in [6, 6.07) is 11.3. The summed E-state index contributed by atoms with van der Waals surface area (Å²) < 4.78 is 32.0. The molecule has 0 spiro atoms. The summed E-state index contributed by atoms with van der Waals surface area (Å²) in [6.07, 6.45) is 0. The lowest BCUT2D eigenvalue weighted by molar-refractivity contribution is -0.114. The molecule has 0 aliphatic rings. The summed E-state index contributed by atoms with van der Waals surface area (Å²) in [6.45, 7) is 1.51. The van der Waals surface area contributed by atoms with Crippen LogP contribution < -0.4 is 10.1 Å². The third-order valence-electron chi connectivity index (χ3n) is 3.48. The molecule has 0 aliphatic carbocycles. The number of rotatable bonds is 6. The number of ether oxygens (including phenoxy) is 1. The largest absolute Gasteiger partial charge is 0.495 e. The first-order valence-corrected chi connectivity index (χ1v) is 9.22. The molecule has 0 radical (unpaired) electrons. The van der Waals surface area contributed by atoms with Crippen molar-refractivity contribution < 1.29 is 17.9 Å². The van der Waals surface area contributed by atoms with Crippen molar-refractivity contribution in [2.24, 2.45) is 0 Å². The van der Waals surface area contributed by atoms with E-state index in [1.165, 1.54) is 43.6 Å². The van der Waals surface area contributed by atoms with Crippen LogP contribution in [0.2, 0.25) is 5.02 Å². The van der Waals surface area contributed by atoms with Gasteiger partial charge < -0.3 is 10.1 Å². The molecule has 2 aromatic carbocycles. The first kappa shape index (κ1) is 19.2. The molecule has 0 saturated carbocycles. The van der Waals surface area contributed by atoms with E-state index in [0.29, 0.717) is 16.5 Å². The van der Waals surface area contributed by atoms with Gasteiger partial charge in [0.05, 0.1) is 17.7 Å². The van der Waals surface area contributed by atoms with Crippen LogP contribution in [0.15, 0.2) is 47.4 Å². The van der Waals surface area contributed by atoms with E-state index in [-0.39, 0.29) is 17.3 Å². The molecule has 0 fully saturated rings. The van der Waals surface area contributed by atoms with Crippen LogP contribution >= 0.6 is 11.6 Å². The zero-order valence-electron chi connectivity index (χ0n) is 14.1. The molecule has 8 heteroatoms. The maximum Gasteiger partial charge on any atom is 0.243 e. The van der Waals surface area contributed by atoms with Crippen molar-refractivity contribution in [2.75, 3.05) is 19.5 Å². The number of hydrogen-bond donors (Lipinski definition) is 1. The Morgan fingerprint density at radius 3 is 2.56 bits per heavy atom. The summed E-state index contributed by atoms with van der Waals surface area (Å²) in [5.74, 6) is 0.0618. The highest BCUT2D eigenvalue weighted by Crippen LogP contribution is 2.29. The Hall–Kier alpha value is -2.09. The number of methoxy groups -OCH3 is 1. The van der Waals surface area contributed by atoms with E-state index in [0.717, 1.165) is 5.56 Å². The molecule has 6 nitrogen and oxygen atoms in total. The number of nitrogens with one attached hydrogen (secondary N) is 1. The molecule has 1 amide bonds. The maximum absolute atomic E-state index is 12.8. The van der Waals surface area contributed by atoms with Gasteiger partial charge in [0.25, 0.3) is 0 Å². The molecular formula is C17H19ClN2O4S. The second kappa shape index (κ2) is 7.86. The van der Waals surface area contributed by atoms with E-state index in [1.807, 2.05) is 0 Å². The Morgan fingerprint density at radius 2 is 1.96 bits per heavy atom. The average molecular weight is 383 g/mol. The average Bonchev–Trinajstić information content (AvgIpc) is 2.54. The number of carbonyl (C=O) groups excluding carboxylic acids is 1. The highest BCUT2D eigenvalue weighted by Gasteiger charge is 2.22. The van der Waals surface area contributed by atoms with Gasteiger partial charge in [-0.1, -0.05) is 23.7 Å². The summed E-state index contributed by atoms with van der Waals surface area (Å²) in [5, 5.41) is 3.11. The lowest BCUT2D eigenvalue weighted by atomic mass is 10.2. The smallest absolute Gasteiger partial charge is 0.243 e. The van der Waals surface area contributed by atoms with Gasteiger partial charge in [-0.15, -0.1) is 0 Å². The number of amides is 1. The minimum atomic E-state index is -3.75. The molecule has 2 rings (SSSR count). The lowest BCUT2D eigenvalue weighted by Crippen LogP contribution is -2.26. The Bertz CT molecular complexity index is 884. The highest BCUT2D eigenvalue weighted by atomic mass is 35.5. The van der Waals surface area contributed by atoms with Gasteiger partial charge >= 0.3 is 0 Å². The number of benzene rings is 2. The summed E-state index contributed by atoms with van der Waals surface area (Å²) in [5.41, 5.74) is 1.07. The van der Waals surface area contributed by atoms with Crippen molar-refractivity contribution in [1.29, 1.82) is 0 Å². The molecule has 0 aromatic heterocycles. The third-order valence-corrected chi connectivity index (χ3v) is 5.52. The molecule has 0 saturated heterocycles. The van der Waals surface area contributed by atoms with E-state index < -0.39 is 10.0 Å². The van der Waals surface area contributed by atoms with Crippen LogP contribution in [0, 0.1) is 0 Å². The molecule has 1 N–H and O–H groups in total. The Kier molecular flexibility index (Phi) is 6.05. The Morgan fingerprint density at radius 1 is 1.24 bits per heavy atom. The maximum atomic E-state index is 12.8. The van der Waals surface area contributed by atoms with Gasteiger partial charge in [0, 0.05) is 25.5 Å². The number of anilines is 1. The normalized spacial score (nSPS) is 11.4. The number of carbonyl (C=O) groups is 1. The number of nitrogens with zero attached hydrogens (tertiary/aromatic N) is 1. The quantitative estimate of drug-likeness (QED) is 0.832. The first-order valence-electron chi connectivity index (χ1n) is 7.40. The van der Waals surface area contributed by atoms with Crippen molar-refractivity contribution in [3.63, 3.8) is 0 Å². The van der Waals surface area contributed by atoms with Gasteiger partial charge in [0.15, 0.2) is 0 Å². The molecular weight excluding hydrogens is 364 g/mol. The van der Waals surface area contributed by atoms with Crippen LogP contribution in [0.25, 0.3) is 0 Å². The molecule has 25 heavy (non-hydrogen) atoms. The van der Waals surface area contributed by atoms with Crippen molar-refractivity contribution >= 4 is 33.2 Å². The minimum Gasteiger partial charge on any atom is -0.495 e. The summed E-state index contributed by atoms with van der Waals surface area (Å²) in [7, 11) is -0.821. The minimum absolute atomic E-state index is 0.0570. The molecule has 0 unspecified atom stereocenters. The molecule has 0 aliphatic heterocycles. The van der Waals surface area contributed by atoms with E-state index in [1.54, 1.807) is 24.3 Å². The van der Waals surface area contributed by atoms with Crippen molar-refractivity contribution in [2.45, 2.75) is 18.4 Å². The van der Waals surface area contributed by atoms with E-state index >= 15 is 0 Å². The fraction of sp³-hybridized carbons (Fsp3) is 0.235. The van der Waals surface area contributed by atoms with Crippen LogP contribution in [-0.2, 0) is 21.4 Å². The van der Waals surface area contributed by atoms with Gasteiger partial charge in [-0.2, -0.15) is 4.31 Å². The van der Waals surface area contributed by atoms with E-state index in [9.17, 15) is 13.2 Å². The molecule has 2 aromatic rings. The molecule has 0 heterocycles. The topological polar surface area (TPSA) is 75.7 Å². The number of sulfonamides is 1. The van der Waals surface area contributed by atoms with Crippen LogP contribution in [0.3, 0.4) is 0 Å². The fourth-order valence-electron chi connectivity index (χ4n) is 2.29. The lowest BCUT2D eigenvalue weighted by Gasteiger charge is -2.19. The molecule has 0 atom stereocenters.